The first-order valence-corrected chi connectivity index (χ1v) is 9.01. The van der Waals surface area contributed by atoms with E-state index in [2.05, 4.69) is 4.98 Å². The summed E-state index contributed by atoms with van der Waals surface area (Å²) in [5.74, 6) is -0.394. The van der Waals surface area contributed by atoms with Gasteiger partial charge in [-0.3, -0.25) is 0 Å². The van der Waals surface area contributed by atoms with Crippen LogP contribution < -0.4 is 0 Å². The molecule has 0 amide bonds. The molecular formula is C15H11Cl2NO2S2. The van der Waals surface area contributed by atoms with Crippen molar-refractivity contribution in [2.75, 3.05) is 6.61 Å². The van der Waals surface area contributed by atoms with Gasteiger partial charge >= 0.3 is 5.97 Å². The highest BCUT2D eigenvalue weighted by atomic mass is 35.5. The van der Waals surface area contributed by atoms with Gasteiger partial charge in [0.15, 0.2) is 5.69 Å². The van der Waals surface area contributed by atoms with E-state index in [1.807, 2.05) is 18.2 Å². The van der Waals surface area contributed by atoms with Crippen LogP contribution in [0.4, 0.5) is 0 Å². The van der Waals surface area contributed by atoms with Crippen LogP contribution >= 0.6 is 45.9 Å². The summed E-state index contributed by atoms with van der Waals surface area (Å²) in [6.45, 7) is 2.11. The Labute approximate surface area is 145 Å². The Morgan fingerprint density at radius 3 is 2.95 bits per heavy atom. The number of thiophene rings is 1. The molecule has 0 aliphatic heterocycles. The lowest BCUT2D eigenvalue weighted by Gasteiger charge is -1.99. The van der Waals surface area contributed by atoms with Crippen molar-refractivity contribution in [2.24, 2.45) is 0 Å². The summed E-state index contributed by atoms with van der Waals surface area (Å²) >= 11 is 15.4. The fourth-order valence-corrected chi connectivity index (χ4v) is 4.39. The van der Waals surface area contributed by atoms with Crippen molar-refractivity contribution in [3.8, 4) is 0 Å². The number of ether oxygens (including phenoxy) is 1. The second-order valence-corrected chi connectivity index (χ2v) is 7.55. The lowest BCUT2D eigenvalue weighted by atomic mass is 10.1. The molecule has 22 heavy (non-hydrogen) atoms. The Bertz CT molecular complexity index is 841. The maximum Gasteiger partial charge on any atom is 0.357 e. The van der Waals surface area contributed by atoms with E-state index in [1.165, 1.54) is 22.7 Å². The average molecular weight is 372 g/mol. The molecule has 2 heterocycles. The van der Waals surface area contributed by atoms with Crippen LogP contribution in [0.2, 0.25) is 9.36 Å². The monoisotopic (exact) mass is 371 g/mol. The topological polar surface area (TPSA) is 39.2 Å². The maximum atomic E-state index is 11.7. The van der Waals surface area contributed by atoms with Gasteiger partial charge in [0.1, 0.15) is 0 Å². The first-order chi connectivity index (χ1) is 10.6. The highest BCUT2D eigenvalue weighted by Crippen LogP contribution is 2.38. The molecule has 3 rings (SSSR count). The van der Waals surface area contributed by atoms with Crippen LogP contribution in [0.3, 0.4) is 0 Å². The van der Waals surface area contributed by atoms with Crippen molar-refractivity contribution in [2.45, 2.75) is 13.3 Å². The van der Waals surface area contributed by atoms with Gasteiger partial charge in [0.05, 0.1) is 16.0 Å². The minimum Gasteiger partial charge on any atom is -0.461 e. The molecule has 0 saturated heterocycles. The summed E-state index contributed by atoms with van der Waals surface area (Å²) in [6.07, 6.45) is 0.573. The summed E-state index contributed by atoms with van der Waals surface area (Å²) in [7, 11) is 0. The Kier molecular flexibility index (Phi) is 4.68. The zero-order valence-corrected chi connectivity index (χ0v) is 14.7. The zero-order valence-electron chi connectivity index (χ0n) is 11.6. The fourth-order valence-electron chi connectivity index (χ4n) is 2.10. The number of carbonyl (C=O) groups is 1. The molecule has 3 nitrogen and oxygen atoms in total. The number of hydrogen-bond acceptors (Lipinski definition) is 5. The van der Waals surface area contributed by atoms with Gasteiger partial charge in [-0.2, -0.15) is 0 Å². The smallest absolute Gasteiger partial charge is 0.357 e. The molecule has 0 aliphatic rings. The van der Waals surface area contributed by atoms with Gasteiger partial charge in [0, 0.05) is 21.5 Å². The standard InChI is InChI=1S/C15H11Cl2NO2S2/c1-2-20-15(19)11-7-21-13(18-11)6-10-9-5-8(16)3-4-12(9)22-14(10)17/h3-5,7H,2,6H2,1H3. The van der Waals surface area contributed by atoms with E-state index >= 15 is 0 Å². The number of thiazole rings is 1. The first kappa shape index (κ1) is 15.7. The van der Waals surface area contributed by atoms with E-state index < -0.39 is 5.97 Å². The van der Waals surface area contributed by atoms with Gasteiger partial charge < -0.3 is 4.74 Å². The summed E-state index contributed by atoms with van der Waals surface area (Å²) in [4.78, 5) is 16.0. The number of halogens is 2. The molecule has 3 aromatic rings. The minimum absolute atomic E-state index is 0.338. The van der Waals surface area contributed by atoms with Gasteiger partial charge in [-0.15, -0.1) is 22.7 Å². The third kappa shape index (κ3) is 3.13. The largest absolute Gasteiger partial charge is 0.461 e. The van der Waals surface area contributed by atoms with Gasteiger partial charge in [0.2, 0.25) is 0 Å². The highest BCUT2D eigenvalue weighted by molar-refractivity contribution is 7.23. The molecule has 0 N–H and O–H groups in total. The summed E-state index contributed by atoms with van der Waals surface area (Å²) < 4.78 is 6.77. The summed E-state index contributed by atoms with van der Waals surface area (Å²) in [5, 5.41) is 4.25. The number of benzene rings is 1. The molecule has 1 aromatic carbocycles. The summed E-state index contributed by atoms with van der Waals surface area (Å²) in [5.41, 5.74) is 1.34. The second kappa shape index (κ2) is 6.54. The minimum atomic E-state index is -0.394. The van der Waals surface area contributed by atoms with Crippen LogP contribution in [0.25, 0.3) is 10.1 Å². The molecule has 0 radical (unpaired) electrons. The Morgan fingerprint density at radius 2 is 2.18 bits per heavy atom. The van der Waals surface area contributed by atoms with Gasteiger partial charge in [-0.05, 0) is 36.1 Å². The number of carbonyl (C=O) groups excluding carboxylic acids is 1. The molecule has 0 aliphatic carbocycles. The average Bonchev–Trinajstić information content (AvgIpc) is 3.06. The Balaban J connectivity index is 1.92. The van der Waals surface area contributed by atoms with Crippen LogP contribution in [0, 0.1) is 0 Å². The van der Waals surface area contributed by atoms with Crippen molar-refractivity contribution in [1.82, 2.24) is 4.98 Å². The number of hydrogen-bond donors (Lipinski definition) is 0. The maximum absolute atomic E-state index is 11.7. The molecule has 0 fully saturated rings. The molecule has 0 unspecified atom stereocenters. The van der Waals surface area contributed by atoms with Crippen molar-refractivity contribution < 1.29 is 9.53 Å². The van der Waals surface area contributed by atoms with Gasteiger partial charge in [0.25, 0.3) is 0 Å². The van der Waals surface area contributed by atoms with Crippen molar-refractivity contribution in [3.05, 3.63) is 49.2 Å². The quantitative estimate of drug-likeness (QED) is 0.573. The molecule has 0 saturated carbocycles. The Morgan fingerprint density at radius 1 is 1.36 bits per heavy atom. The van der Waals surface area contributed by atoms with Gasteiger partial charge in [-0.1, -0.05) is 23.2 Å². The highest BCUT2D eigenvalue weighted by Gasteiger charge is 2.16. The molecule has 114 valence electrons. The van der Waals surface area contributed by atoms with E-state index in [9.17, 15) is 4.79 Å². The molecule has 0 atom stereocenters. The van der Waals surface area contributed by atoms with Crippen LogP contribution in [0.15, 0.2) is 23.6 Å². The number of fused-ring (bicyclic) bond motifs is 1. The van der Waals surface area contributed by atoms with Crippen LogP contribution in [0.5, 0.6) is 0 Å². The molecule has 0 bridgehead atoms. The first-order valence-electron chi connectivity index (χ1n) is 6.56. The Hall–Kier alpha value is -1.14. The number of esters is 1. The number of nitrogens with zero attached hydrogens (tertiary/aromatic N) is 1. The van der Waals surface area contributed by atoms with Crippen molar-refractivity contribution in [1.29, 1.82) is 0 Å². The lowest BCUT2D eigenvalue weighted by Crippen LogP contribution is -2.05. The second-order valence-electron chi connectivity index (χ2n) is 4.52. The van der Waals surface area contributed by atoms with Crippen LogP contribution in [-0.2, 0) is 11.2 Å². The van der Waals surface area contributed by atoms with Gasteiger partial charge in [-0.25, -0.2) is 9.78 Å². The fraction of sp³-hybridized carbons (Fsp3) is 0.200. The normalized spacial score (nSPS) is 11.0. The predicted octanol–water partition coefficient (Wildman–Crippen LogP) is 5.43. The van der Waals surface area contributed by atoms with Crippen molar-refractivity contribution >= 4 is 61.9 Å². The van der Waals surface area contributed by atoms with E-state index in [0.717, 1.165) is 25.0 Å². The van der Waals surface area contributed by atoms with Crippen LogP contribution in [-0.4, -0.2) is 17.6 Å². The molecular weight excluding hydrogens is 361 g/mol. The van der Waals surface area contributed by atoms with E-state index in [-0.39, 0.29) is 0 Å². The third-order valence-corrected chi connectivity index (χ3v) is 5.61. The molecule has 2 aromatic heterocycles. The molecule has 7 heteroatoms. The lowest BCUT2D eigenvalue weighted by molar-refractivity contribution is 0.0520. The van der Waals surface area contributed by atoms with E-state index in [4.69, 9.17) is 27.9 Å². The molecule has 0 spiro atoms. The third-order valence-electron chi connectivity index (χ3n) is 3.07. The van der Waals surface area contributed by atoms with Crippen LogP contribution in [0.1, 0.15) is 28.0 Å². The number of rotatable bonds is 4. The predicted molar refractivity (Wildman–Crippen MR) is 92.7 cm³/mol. The zero-order chi connectivity index (χ0) is 15.7. The van der Waals surface area contributed by atoms with Crippen molar-refractivity contribution in [3.63, 3.8) is 0 Å². The summed E-state index contributed by atoms with van der Waals surface area (Å²) in [6, 6.07) is 5.72. The van der Waals surface area contributed by atoms with E-state index in [1.54, 1.807) is 12.3 Å². The van der Waals surface area contributed by atoms with E-state index in [0.29, 0.717) is 23.7 Å². The SMILES string of the molecule is CCOC(=O)c1csc(Cc2c(Cl)sc3ccc(Cl)cc23)n1. The number of aromatic nitrogens is 1.